The predicted molar refractivity (Wildman–Crippen MR) is 78.4 cm³/mol. The molecule has 0 spiro atoms. The van der Waals surface area contributed by atoms with Crippen molar-refractivity contribution in [1.82, 2.24) is 4.90 Å². The van der Waals surface area contributed by atoms with Gasteiger partial charge in [-0.05, 0) is 51.1 Å². The third-order valence-corrected chi connectivity index (χ3v) is 3.39. The topological polar surface area (TPSA) is 49.4 Å². The number of benzene rings is 1. The molecule has 0 atom stereocenters. The Kier molecular flexibility index (Phi) is 4.71. The maximum Gasteiger partial charge on any atom is 0.296 e. The van der Waals surface area contributed by atoms with Gasteiger partial charge in [0.15, 0.2) is 0 Å². The first-order valence-corrected chi connectivity index (χ1v) is 6.05. The van der Waals surface area contributed by atoms with E-state index < -0.39 is 11.7 Å². The fourth-order valence-corrected chi connectivity index (χ4v) is 2.32. The first-order valence-electron chi connectivity index (χ1n) is 6.05. The third kappa shape index (κ3) is 2.80. The standard InChI is InChI=1S/C14H18N2O2.ClH/c1-8-7-10(5-6-16(3)4)9(2)11-12(8)15-14(18)13(11)17;/h7H,5-6H2,1-4H3,(H,15,17,18);1H. The van der Waals surface area contributed by atoms with E-state index in [1.807, 2.05) is 27.9 Å². The Balaban J connectivity index is 0.00000180. The smallest absolute Gasteiger partial charge is 0.296 e. The van der Waals surface area contributed by atoms with Gasteiger partial charge in [-0.25, -0.2) is 0 Å². The van der Waals surface area contributed by atoms with Crippen LogP contribution in [0.4, 0.5) is 5.69 Å². The monoisotopic (exact) mass is 282 g/mol. The number of halogens is 1. The lowest BCUT2D eigenvalue weighted by Crippen LogP contribution is -2.16. The second-order valence-electron chi connectivity index (χ2n) is 5.06. The summed E-state index contributed by atoms with van der Waals surface area (Å²) in [7, 11) is 4.04. The Morgan fingerprint density at radius 1 is 1.21 bits per heavy atom. The van der Waals surface area contributed by atoms with Gasteiger partial charge in [-0.15, -0.1) is 12.4 Å². The number of rotatable bonds is 3. The first-order chi connectivity index (χ1) is 8.41. The van der Waals surface area contributed by atoms with Crippen molar-refractivity contribution >= 4 is 29.8 Å². The highest BCUT2D eigenvalue weighted by Crippen LogP contribution is 2.32. The van der Waals surface area contributed by atoms with E-state index >= 15 is 0 Å². The molecule has 0 saturated carbocycles. The zero-order valence-corrected chi connectivity index (χ0v) is 12.5. The van der Waals surface area contributed by atoms with Crippen molar-refractivity contribution < 1.29 is 9.59 Å². The molecule has 0 radical (unpaired) electrons. The molecule has 1 N–H and O–H groups in total. The zero-order chi connectivity index (χ0) is 13.4. The first kappa shape index (κ1) is 15.7. The number of hydrogen-bond donors (Lipinski definition) is 1. The molecule has 0 aliphatic carbocycles. The molecule has 1 heterocycles. The molecule has 104 valence electrons. The van der Waals surface area contributed by atoms with Gasteiger partial charge in [-0.2, -0.15) is 0 Å². The average molecular weight is 283 g/mol. The van der Waals surface area contributed by atoms with Crippen LogP contribution in [0, 0.1) is 13.8 Å². The van der Waals surface area contributed by atoms with Crippen LogP contribution in [0.15, 0.2) is 6.07 Å². The number of fused-ring (bicyclic) bond motifs is 1. The molecule has 0 bridgehead atoms. The van der Waals surface area contributed by atoms with Crippen LogP contribution in [0.3, 0.4) is 0 Å². The summed E-state index contributed by atoms with van der Waals surface area (Å²) in [4.78, 5) is 25.4. The quantitative estimate of drug-likeness (QED) is 0.863. The van der Waals surface area contributed by atoms with Gasteiger partial charge in [0.05, 0.1) is 11.3 Å². The normalized spacial score (nSPS) is 13.3. The third-order valence-electron chi connectivity index (χ3n) is 3.39. The van der Waals surface area contributed by atoms with E-state index in [0.717, 1.165) is 29.7 Å². The SMILES string of the molecule is Cc1cc(CCN(C)C)c(C)c2c1NC(=O)C2=O.Cl. The van der Waals surface area contributed by atoms with Crippen LogP contribution in [0.1, 0.15) is 27.0 Å². The molecule has 0 aromatic heterocycles. The van der Waals surface area contributed by atoms with Crippen LogP contribution in [-0.2, 0) is 11.2 Å². The number of likely N-dealkylation sites (N-methyl/N-ethyl adjacent to an activating group) is 1. The number of Topliss-reactive ketones (excluding diaryl/α,β-unsaturated/α-hetero) is 1. The molecule has 19 heavy (non-hydrogen) atoms. The van der Waals surface area contributed by atoms with Crippen molar-refractivity contribution in [2.75, 3.05) is 26.0 Å². The van der Waals surface area contributed by atoms with Crippen LogP contribution in [0.5, 0.6) is 0 Å². The second kappa shape index (κ2) is 5.72. The van der Waals surface area contributed by atoms with Crippen molar-refractivity contribution in [3.8, 4) is 0 Å². The largest absolute Gasteiger partial charge is 0.318 e. The van der Waals surface area contributed by atoms with Crippen LogP contribution < -0.4 is 5.32 Å². The van der Waals surface area contributed by atoms with E-state index in [-0.39, 0.29) is 12.4 Å². The summed E-state index contributed by atoms with van der Waals surface area (Å²) in [6.07, 6.45) is 0.883. The summed E-state index contributed by atoms with van der Waals surface area (Å²) in [5.41, 5.74) is 4.29. The minimum atomic E-state index is -0.513. The summed E-state index contributed by atoms with van der Waals surface area (Å²) >= 11 is 0. The van der Waals surface area contributed by atoms with E-state index in [9.17, 15) is 9.59 Å². The summed E-state index contributed by atoms with van der Waals surface area (Å²) in [5.74, 6) is -0.918. The number of aryl methyl sites for hydroxylation is 1. The lowest BCUT2D eigenvalue weighted by atomic mass is 9.94. The highest BCUT2D eigenvalue weighted by atomic mass is 35.5. The van der Waals surface area contributed by atoms with Gasteiger partial charge >= 0.3 is 0 Å². The van der Waals surface area contributed by atoms with Gasteiger partial charge in [0, 0.05) is 6.54 Å². The Hall–Kier alpha value is -1.39. The van der Waals surface area contributed by atoms with Crippen LogP contribution in [-0.4, -0.2) is 37.2 Å². The van der Waals surface area contributed by atoms with E-state index in [4.69, 9.17) is 0 Å². The summed E-state index contributed by atoms with van der Waals surface area (Å²) in [5, 5.41) is 2.65. The van der Waals surface area contributed by atoms with Gasteiger partial charge in [-0.3, -0.25) is 9.59 Å². The number of ketones is 1. The average Bonchev–Trinajstić information content (AvgIpc) is 2.59. The number of carbonyl (C=O) groups excluding carboxylic acids is 2. The van der Waals surface area contributed by atoms with Gasteiger partial charge < -0.3 is 10.2 Å². The Bertz CT molecular complexity index is 539. The number of anilines is 1. The number of nitrogens with zero attached hydrogens (tertiary/aromatic N) is 1. The lowest BCUT2D eigenvalue weighted by molar-refractivity contribution is -0.112. The van der Waals surface area contributed by atoms with Crippen molar-refractivity contribution in [1.29, 1.82) is 0 Å². The highest BCUT2D eigenvalue weighted by molar-refractivity contribution is 6.52. The van der Waals surface area contributed by atoms with E-state index in [0.29, 0.717) is 11.3 Å². The maximum atomic E-state index is 11.8. The molecule has 1 aromatic carbocycles. The molecule has 0 saturated heterocycles. The minimum Gasteiger partial charge on any atom is -0.318 e. The summed E-state index contributed by atoms with van der Waals surface area (Å²) in [6, 6.07) is 2.07. The zero-order valence-electron chi connectivity index (χ0n) is 11.7. The fraction of sp³-hybridized carbons (Fsp3) is 0.429. The van der Waals surface area contributed by atoms with Crippen LogP contribution in [0.2, 0.25) is 0 Å². The molecule has 2 rings (SSSR count). The molecular formula is C14H19ClN2O2. The number of hydrogen-bond acceptors (Lipinski definition) is 3. The van der Waals surface area contributed by atoms with Crippen LogP contribution in [0.25, 0.3) is 0 Å². The molecule has 0 unspecified atom stereocenters. The number of carbonyl (C=O) groups is 2. The lowest BCUT2D eigenvalue weighted by Gasteiger charge is -2.14. The summed E-state index contributed by atoms with van der Waals surface area (Å²) in [6.45, 7) is 4.77. The fourth-order valence-electron chi connectivity index (χ4n) is 2.32. The Morgan fingerprint density at radius 2 is 1.84 bits per heavy atom. The molecule has 1 aliphatic rings. The van der Waals surface area contributed by atoms with Crippen molar-refractivity contribution in [2.24, 2.45) is 0 Å². The van der Waals surface area contributed by atoms with Crippen molar-refractivity contribution in [3.63, 3.8) is 0 Å². The molecule has 1 amide bonds. The molecule has 1 aliphatic heterocycles. The molecule has 0 fully saturated rings. The molecule has 1 aromatic rings. The van der Waals surface area contributed by atoms with E-state index in [1.165, 1.54) is 0 Å². The van der Waals surface area contributed by atoms with Crippen molar-refractivity contribution in [2.45, 2.75) is 20.3 Å². The predicted octanol–water partition coefficient (Wildman–Crippen LogP) is 1.96. The van der Waals surface area contributed by atoms with Gasteiger partial charge in [0.2, 0.25) is 0 Å². The number of amides is 1. The second-order valence-corrected chi connectivity index (χ2v) is 5.06. The van der Waals surface area contributed by atoms with Crippen molar-refractivity contribution in [3.05, 3.63) is 28.3 Å². The molecule has 4 nitrogen and oxygen atoms in total. The molecule has 5 heteroatoms. The summed E-state index contributed by atoms with van der Waals surface area (Å²) < 4.78 is 0. The van der Waals surface area contributed by atoms with E-state index in [2.05, 4.69) is 16.3 Å². The highest BCUT2D eigenvalue weighted by Gasteiger charge is 2.31. The van der Waals surface area contributed by atoms with Gasteiger partial charge in [-0.1, -0.05) is 6.07 Å². The number of nitrogens with one attached hydrogen (secondary N) is 1. The maximum absolute atomic E-state index is 11.8. The minimum absolute atomic E-state index is 0. The van der Waals surface area contributed by atoms with Crippen LogP contribution >= 0.6 is 12.4 Å². The Labute approximate surface area is 119 Å². The van der Waals surface area contributed by atoms with E-state index in [1.54, 1.807) is 0 Å². The Morgan fingerprint density at radius 3 is 2.42 bits per heavy atom. The van der Waals surface area contributed by atoms with Gasteiger partial charge in [0.25, 0.3) is 11.7 Å². The van der Waals surface area contributed by atoms with Gasteiger partial charge in [0.1, 0.15) is 0 Å². The molecular weight excluding hydrogens is 264 g/mol.